The van der Waals surface area contributed by atoms with Gasteiger partial charge in [-0.15, -0.1) is 0 Å². The summed E-state index contributed by atoms with van der Waals surface area (Å²) in [6, 6.07) is 9.82. The number of imide groups is 1. The number of rotatable bonds is 6. The van der Waals surface area contributed by atoms with Crippen molar-refractivity contribution in [1.82, 2.24) is 9.88 Å². The van der Waals surface area contributed by atoms with Gasteiger partial charge in [0.25, 0.3) is 5.91 Å². The standard InChI is InChI=1S/C20H20BrN3O3/c1-2-4-18(25)23(13-14-5-3-10-22-12-14)17-11-19(26)24(20(17)27)16-8-6-15(21)7-9-16/h3,5-10,12,17H,2,4,11,13H2,1H3. The molecule has 27 heavy (non-hydrogen) atoms. The SMILES string of the molecule is CCCC(=O)N(Cc1cccnc1)C1CC(=O)N(c2ccc(Br)cc2)C1=O. The lowest BCUT2D eigenvalue weighted by Gasteiger charge is -2.27. The summed E-state index contributed by atoms with van der Waals surface area (Å²) in [5.41, 5.74) is 1.34. The lowest BCUT2D eigenvalue weighted by Crippen LogP contribution is -2.45. The molecule has 3 amide bonds. The summed E-state index contributed by atoms with van der Waals surface area (Å²) < 4.78 is 0.859. The molecule has 0 aliphatic carbocycles. The third kappa shape index (κ3) is 4.24. The van der Waals surface area contributed by atoms with E-state index in [1.165, 1.54) is 9.80 Å². The molecule has 0 bridgehead atoms. The minimum Gasteiger partial charge on any atom is -0.326 e. The van der Waals surface area contributed by atoms with Crippen LogP contribution in [0.3, 0.4) is 0 Å². The molecule has 1 fully saturated rings. The molecular weight excluding hydrogens is 410 g/mol. The summed E-state index contributed by atoms with van der Waals surface area (Å²) in [5, 5.41) is 0. The van der Waals surface area contributed by atoms with Crippen LogP contribution in [0.5, 0.6) is 0 Å². The topological polar surface area (TPSA) is 70.6 Å². The van der Waals surface area contributed by atoms with E-state index in [1.807, 2.05) is 13.0 Å². The zero-order valence-corrected chi connectivity index (χ0v) is 16.6. The molecule has 1 unspecified atom stereocenters. The molecule has 1 aliphatic rings. The second-order valence-electron chi connectivity index (χ2n) is 6.40. The average molecular weight is 430 g/mol. The summed E-state index contributed by atoms with van der Waals surface area (Å²) in [4.78, 5) is 45.0. The van der Waals surface area contributed by atoms with Crippen LogP contribution >= 0.6 is 15.9 Å². The van der Waals surface area contributed by atoms with E-state index < -0.39 is 6.04 Å². The summed E-state index contributed by atoms with van der Waals surface area (Å²) in [6.45, 7) is 2.17. The van der Waals surface area contributed by atoms with Gasteiger partial charge in [-0.05, 0) is 42.3 Å². The molecule has 1 saturated heterocycles. The number of hydrogen-bond acceptors (Lipinski definition) is 4. The zero-order chi connectivity index (χ0) is 19.4. The largest absolute Gasteiger partial charge is 0.326 e. The first-order valence-electron chi connectivity index (χ1n) is 8.82. The van der Waals surface area contributed by atoms with Crippen molar-refractivity contribution in [3.8, 4) is 0 Å². The Hall–Kier alpha value is -2.54. The van der Waals surface area contributed by atoms with Crippen molar-refractivity contribution in [3.05, 3.63) is 58.8 Å². The molecule has 2 heterocycles. The Morgan fingerprint density at radius 1 is 1.26 bits per heavy atom. The smallest absolute Gasteiger partial charge is 0.257 e. The van der Waals surface area contributed by atoms with Crippen molar-refractivity contribution in [2.24, 2.45) is 0 Å². The Morgan fingerprint density at radius 3 is 2.63 bits per heavy atom. The van der Waals surface area contributed by atoms with Crippen LogP contribution in [0.1, 0.15) is 31.7 Å². The molecule has 0 N–H and O–H groups in total. The molecule has 3 rings (SSSR count). The van der Waals surface area contributed by atoms with Crippen LogP contribution < -0.4 is 4.90 Å². The molecule has 6 nitrogen and oxygen atoms in total. The summed E-state index contributed by atoms with van der Waals surface area (Å²) >= 11 is 3.35. The number of carbonyl (C=O) groups excluding carboxylic acids is 3. The highest BCUT2D eigenvalue weighted by Crippen LogP contribution is 2.28. The van der Waals surface area contributed by atoms with Gasteiger partial charge in [-0.2, -0.15) is 0 Å². The van der Waals surface area contributed by atoms with Crippen LogP contribution in [-0.4, -0.2) is 33.6 Å². The van der Waals surface area contributed by atoms with Crippen molar-refractivity contribution >= 4 is 39.3 Å². The second kappa shape index (κ2) is 8.43. The van der Waals surface area contributed by atoms with Crippen molar-refractivity contribution in [3.63, 3.8) is 0 Å². The van der Waals surface area contributed by atoms with Crippen LogP contribution in [0, 0.1) is 0 Å². The van der Waals surface area contributed by atoms with Gasteiger partial charge in [0.1, 0.15) is 6.04 Å². The molecule has 0 spiro atoms. The van der Waals surface area contributed by atoms with Crippen LogP contribution in [0.2, 0.25) is 0 Å². The molecule has 2 aromatic rings. The molecule has 140 valence electrons. The first-order chi connectivity index (χ1) is 13.0. The second-order valence-corrected chi connectivity index (χ2v) is 7.31. The Bertz CT molecular complexity index is 839. The van der Waals surface area contributed by atoms with Gasteiger partial charge >= 0.3 is 0 Å². The number of anilines is 1. The van der Waals surface area contributed by atoms with Crippen molar-refractivity contribution in [2.75, 3.05) is 4.90 Å². The predicted octanol–water partition coefficient (Wildman–Crippen LogP) is 3.30. The number of benzene rings is 1. The molecule has 0 radical (unpaired) electrons. The number of carbonyl (C=O) groups is 3. The van der Waals surface area contributed by atoms with Gasteiger partial charge < -0.3 is 4.90 Å². The number of aromatic nitrogens is 1. The summed E-state index contributed by atoms with van der Waals surface area (Å²) in [5.74, 6) is -0.798. The van der Waals surface area contributed by atoms with E-state index in [-0.39, 0.29) is 30.7 Å². The van der Waals surface area contributed by atoms with E-state index in [0.717, 1.165) is 10.0 Å². The van der Waals surface area contributed by atoms with Gasteiger partial charge in [0, 0.05) is 29.8 Å². The number of nitrogens with zero attached hydrogens (tertiary/aromatic N) is 3. The molecule has 1 aliphatic heterocycles. The van der Waals surface area contributed by atoms with E-state index in [4.69, 9.17) is 0 Å². The van der Waals surface area contributed by atoms with Gasteiger partial charge in [-0.1, -0.05) is 28.9 Å². The van der Waals surface area contributed by atoms with Crippen molar-refractivity contribution < 1.29 is 14.4 Å². The quantitative estimate of drug-likeness (QED) is 0.660. The third-order valence-electron chi connectivity index (χ3n) is 4.44. The normalized spacial score (nSPS) is 16.7. The molecule has 1 atom stereocenters. The highest BCUT2D eigenvalue weighted by Gasteiger charge is 2.44. The first-order valence-corrected chi connectivity index (χ1v) is 9.61. The van der Waals surface area contributed by atoms with Gasteiger partial charge in [0.15, 0.2) is 0 Å². The van der Waals surface area contributed by atoms with Crippen LogP contribution in [0.25, 0.3) is 0 Å². The molecule has 1 aromatic heterocycles. The highest BCUT2D eigenvalue weighted by molar-refractivity contribution is 9.10. The van der Waals surface area contributed by atoms with E-state index in [9.17, 15) is 14.4 Å². The predicted molar refractivity (Wildman–Crippen MR) is 105 cm³/mol. The maximum Gasteiger partial charge on any atom is 0.257 e. The van der Waals surface area contributed by atoms with Gasteiger partial charge in [-0.3, -0.25) is 19.4 Å². The van der Waals surface area contributed by atoms with Gasteiger partial charge in [0.05, 0.1) is 12.1 Å². The number of hydrogen-bond donors (Lipinski definition) is 0. The molecular formula is C20H20BrN3O3. The molecule has 1 aromatic carbocycles. The number of halogens is 1. The fourth-order valence-electron chi connectivity index (χ4n) is 3.14. The Morgan fingerprint density at radius 2 is 2.00 bits per heavy atom. The first kappa shape index (κ1) is 19.2. The summed E-state index contributed by atoms with van der Waals surface area (Å²) in [6.07, 6.45) is 4.32. The fraction of sp³-hybridized carbons (Fsp3) is 0.300. The molecule has 0 saturated carbocycles. The van der Waals surface area contributed by atoms with Gasteiger partial charge in [-0.25, -0.2) is 4.90 Å². The Labute approximate surface area is 166 Å². The number of pyridine rings is 1. The van der Waals surface area contributed by atoms with Crippen LogP contribution in [0.4, 0.5) is 5.69 Å². The molecule has 7 heteroatoms. The van der Waals surface area contributed by atoms with Crippen LogP contribution in [0.15, 0.2) is 53.3 Å². The average Bonchev–Trinajstić information content (AvgIpc) is 2.96. The van der Waals surface area contributed by atoms with E-state index in [2.05, 4.69) is 20.9 Å². The lowest BCUT2D eigenvalue weighted by atomic mass is 10.1. The van der Waals surface area contributed by atoms with Gasteiger partial charge in [0.2, 0.25) is 11.8 Å². The Balaban J connectivity index is 1.88. The Kier molecular flexibility index (Phi) is 6.01. The monoisotopic (exact) mass is 429 g/mol. The maximum atomic E-state index is 13.0. The lowest BCUT2D eigenvalue weighted by molar-refractivity contribution is -0.139. The highest BCUT2D eigenvalue weighted by atomic mass is 79.9. The van der Waals surface area contributed by atoms with Crippen molar-refractivity contribution in [1.29, 1.82) is 0 Å². The minimum atomic E-state index is -0.791. The van der Waals surface area contributed by atoms with E-state index in [0.29, 0.717) is 18.5 Å². The van der Waals surface area contributed by atoms with Crippen LogP contribution in [-0.2, 0) is 20.9 Å². The minimum absolute atomic E-state index is 0.00931. The van der Waals surface area contributed by atoms with E-state index >= 15 is 0 Å². The maximum absolute atomic E-state index is 13.0. The van der Waals surface area contributed by atoms with E-state index in [1.54, 1.807) is 42.7 Å². The fourth-order valence-corrected chi connectivity index (χ4v) is 3.40. The third-order valence-corrected chi connectivity index (χ3v) is 4.97. The van der Waals surface area contributed by atoms with Crippen molar-refractivity contribution in [2.45, 2.75) is 38.8 Å². The number of amides is 3. The summed E-state index contributed by atoms with van der Waals surface area (Å²) in [7, 11) is 0. The zero-order valence-electron chi connectivity index (χ0n) is 15.0.